The number of hydrogen-bond donors (Lipinski definition) is 1. The van der Waals surface area contributed by atoms with Crippen molar-refractivity contribution < 1.29 is 13.2 Å². The zero-order valence-electron chi connectivity index (χ0n) is 11.5. The molecule has 0 saturated heterocycles. The molecule has 1 N–H and O–H groups in total. The van der Waals surface area contributed by atoms with Gasteiger partial charge in [-0.2, -0.15) is 13.2 Å². The number of alkyl halides is 3. The van der Waals surface area contributed by atoms with Gasteiger partial charge >= 0.3 is 6.18 Å². The average Bonchev–Trinajstić information content (AvgIpc) is 3.29. The highest BCUT2D eigenvalue weighted by Gasteiger charge is 2.33. The van der Waals surface area contributed by atoms with Gasteiger partial charge in [0.05, 0.1) is 5.56 Å². The maximum Gasteiger partial charge on any atom is 0.417 e. The van der Waals surface area contributed by atoms with Gasteiger partial charge in [-0.3, -0.25) is 0 Å². The summed E-state index contributed by atoms with van der Waals surface area (Å²) in [6.45, 7) is 0.770. The highest BCUT2D eigenvalue weighted by atomic mass is 19.4. The van der Waals surface area contributed by atoms with Gasteiger partial charge in [0.1, 0.15) is 0 Å². The summed E-state index contributed by atoms with van der Waals surface area (Å²) in [7, 11) is 0. The Morgan fingerprint density at radius 1 is 0.952 bits per heavy atom. The Kier molecular flexibility index (Phi) is 3.72. The Bertz CT molecular complexity index is 613. The molecule has 0 spiro atoms. The predicted octanol–water partition coefficient (Wildman–Crippen LogP) is 4.62. The minimum Gasteiger partial charge on any atom is -0.310 e. The van der Waals surface area contributed by atoms with Crippen molar-refractivity contribution in [1.29, 1.82) is 0 Å². The highest BCUT2D eigenvalue weighted by molar-refractivity contribution is 5.68. The van der Waals surface area contributed by atoms with Crippen LogP contribution < -0.4 is 5.32 Å². The van der Waals surface area contributed by atoms with E-state index in [-0.39, 0.29) is 5.56 Å². The Labute approximate surface area is 121 Å². The quantitative estimate of drug-likeness (QED) is 0.866. The van der Waals surface area contributed by atoms with Crippen molar-refractivity contribution in [2.45, 2.75) is 31.6 Å². The van der Waals surface area contributed by atoms with E-state index >= 15 is 0 Å². The summed E-state index contributed by atoms with van der Waals surface area (Å²) in [5, 5.41) is 3.39. The van der Waals surface area contributed by atoms with E-state index in [2.05, 4.69) is 5.32 Å². The van der Waals surface area contributed by atoms with Gasteiger partial charge in [0.2, 0.25) is 0 Å². The second-order valence-electron chi connectivity index (χ2n) is 5.40. The Morgan fingerprint density at radius 3 is 2.24 bits per heavy atom. The third kappa shape index (κ3) is 3.45. The average molecular weight is 291 g/mol. The zero-order chi connectivity index (χ0) is 14.9. The van der Waals surface area contributed by atoms with Crippen molar-refractivity contribution in [3.8, 4) is 11.1 Å². The van der Waals surface area contributed by atoms with Crippen LogP contribution in [0.2, 0.25) is 0 Å². The topological polar surface area (TPSA) is 12.0 Å². The molecule has 0 aliphatic heterocycles. The van der Waals surface area contributed by atoms with Crippen LogP contribution in [0.25, 0.3) is 11.1 Å². The molecule has 1 aliphatic rings. The summed E-state index contributed by atoms with van der Waals surface area (Å²) in [4.78, 5) is 0. The van der Waals surface area contributed by atoms with Crippen LogP contribution in [0.3, 0.4) is 0 Å². The molecule has 110 valence electrons. The zero-order valence-corrected chi connectivity index (χ0v) is 11.5. The fourth-order valence-electron chi connectivity index (χ4n) is 2.33. The molecular weight excluding hydrogens is 275 g/mol. The van der Waals surface area contributed by atoms with Crippen LogP contribution in [0.1, 0.15) is 24.0 Å². The van der Waals surface area contributed by atoms with E-state index in [0.717, 1.165) is 18.2 Å². The van der Waals surface area contributed by atoms with Crippen LogP contribution in [0.5, 0.6) is 0 Å². The molecule has 1 aliphatic carbocycles. The predicted molar refractivity (Wildman–Crippen MR) is 76.7 cm³/mol. The van der Waals surface area contributed by atoms with Gasteiger partial charge in [0.25, 0.3) is 0 Å². The monoisotopic (exact) mass is 291 g/mol. The second-order valence-corrected chi connectivity index (χ2v) is 5.40. The molecule has 0 heterocycles. The molecular formula is C17H16F3N. The maximum absolute atomic E-state index is 13.0. The van der Waals surface area contributed by atoms with Crippen LogP contribution >= 0.6 is 0 Å². The van der Waals surface area contributed by atoms with Crippen molar-refractivity contribution in [3.63, 3.8) is 0 Å². The van der Waals surface area contributed by atoms with Crippen molar-refractivity contribution >= 4 is 0 Å². The van der Waals surface area contributed by atoms with Gasteiger partial charge in [-0.05, 0) is 35.6 Å². The molecule has 2 aromatic carbocycles. The van der Waals surface area contributed by atoms with E-state index in [0.29, 0.717) is 11.6 Å². The van der Waals surface area contributed by atoms with Crippen LogP contribution in [0.15, 0.2) is 48.5 Å². The van der Waals surface area contributed by atoms with Crippen LogP contribution in [0, 0.1) is 0 Å². The number of halogens is 3. The minimum absolute atomic E-state index is 0.228. The third-order valence-electron chi connectivity index (χ3n) is 3.67. The molecule has 0 aromatic heterocycles. The first-order valence-corrected chi connectivity index (χ1v) is 7.03. The SMILES string of the molecule is FC(F)(F)c1ccccc1-c1ccc(CNC2CC2)cc1. The Balaban J connectivity index is 1.83. The minimum atomic E-state index is -4.33. The summed E-state index contributed by atoms with van der Waals surface area (Å²) in [6.07, 6.45) is -1.89. The van der Waals surface area contributed by atoms with E-state index in [1.807, 2.05) is 12.1 Å². The first-order chi connectivity index (χ1) is 10.0. The molecule has 3 rings (SSSR count). The van der Waals surface area contributed by atoms with Gasteiger partial charge in [-0.15, -0.1) is 0 Å². The Morgan fingerprint density at radius 2 is 1.62 bits per heavy atom. The molecule has 2 aromatic rings. The van der Waals surface area contributed by atoms with E-state index in [4.69, 9.17) is 0 Å². The smallest absolute Gasteiger partial charge is 0.310 e. The van der Waals surface area contributed by atoms with Crippen molar-refractivity contribution in [3.05, 3.63) is 59.7 Å². The van der Waals surface area contributed by atoms with Crippen LogP contribution in [-0.4, -0.2) is 6.04 Å². The molecule has 21 heavy (non-hydrogen) atoms. The lowest BCUT2D eigenvalue weighted by Crippen LogP contribution is -2.15. The van der Waals surface area contributed by atoms with Crippen LogP contribution in [-0.2, 0) is 12.7 Å². The van der Waals surface area contributed by atoms with Gasteiger partial charge in [-0.1, -0.05) is 42.5 Å². The standard InChI is InChI=1S/C17H16F3N/c18-17(19,20)16-4-2-1-3-15(16)13-7-5-12(6-8-13)11-21-14-9-10-14/h1-8,14,21H,9-11H2. The molecule has 4 heteroatoms. The summed E-state index contributed by atoms with van der Waals surface area (Å²) < 4.78 is 39.1. The number of benzene rings is 2. The molecule has 1 saturated carbocycles. The molecule has 0 bridgehead atoms. The maximum atomic E-state index is 13.0. The molecule has 0 radical (unpaired) electrons. The van der Waals surface area contributed by atoms with Gasteiger partial charge in [0, 0.05) is 12.6 Å². The lowest BCUT2D eigenvalue weighted by molar-refractivity contribution is -0.137. The first-order valence-electron chi connectivity index (χ1n) is 7.03. The lowest BCUT2D eigenvalue weighted by Gasteiger charge is -2.13. The summed E-state index contributed by atoms with van der Waals surface area (Å²) in [5.74, 6) is 0. The van der Waals surface area contributed by atoms with Crippen molar-refractivity contribution in [2.24, 2.45) is 0 Å². The molecule has 1 fully saturated rings. The van der Waals surface area contributed by atoms with E-state index in [1.54, 1.807) is 18.2 Å². The first kappa shape index (κ1) is 14.1. The van der Waals surface area contributed by atoms with Crippen molar-refractivity contribution in [2.75, 3.05) is 0 Å². The van der Waals surface area contributed by atoms with E-state index in [9.17, 15) is 13.2 Å². The number of hydrogen-bond acceptors (Lipinski definition) is 1. The molecule has 0 atom stereocenters. The normalized spacial score (nSPS) is 15.2. The van der Waals surface area contributed by atoms with E-state index in [1.165, 1.54) is 25.0 Å². The molecule has 0 amide bonds. The van der Waals surface area contributed by atoms with Gasteiger partial charge in [0.15, 0.2) is 0 Å². The molecule has 1 nitrogen and oxygen atoms in total. The van der Waals surface area contributed by atoms with Gasteiger partial charge in [-0.25, -0.2) is 0 Å². The Hall–Kier alpha value is -1.81. The summed E-state index contributed by atoms with van der Waals surface area (Å²) in [6, 6.07) is 13.6. The number of nitrogens with one attached hydrogen (secondary N) is 1. The van der Waals surface area contributed by atoms with Crippen molar-refractivity contribution in [1.82, 2.24) is 5.32 Å². The third-order valence-corrected chi connectivity index (χ3v) is 3.67. The number of rotatable bonds is 4. The summed E-state index contributed by atoms with van der Waals surface area (Å²) >= 11 is 0. The largest absolute Gasteiger partial charge is 0.417 e. The highest BCUT2D eigenvalue weighted by Crippen LogP contribution is 2.36. The second kappa shape index (κ2) is 5.53. The molecule has 0 unspecified atom stereocenters. The fourth-order valence-corrected chi connectivity index (χ4v) is 2.33. The fraction of sp³-hybridized carbons (Fsp3) is 0.294. The van der Waals surface area contributed by atoms with E-state index < -0.39 is 11.7 Å². The lowest BCUT2D eigenvalue weighted by atomic mass is 9.98. The summed E-state index contributed by atoms with van der Waals surface area (Å²) in [5.41, 5.74) is 1.33. The van der Waals surface area contributed by atoms with Gasteiger partial charge < -0.3 is 5.32 Å². The van der Waals surface area contributed by atoms with Crippen LogP contribution in [0.4, 0.5) is 13.2 Å².